The van der Waals surface area contributed by atoms with Crippen molar-refractivity contribution in [3.05, 3.63) is 40.9 Å². The first kappa shape index (κ1) is 10.1. The Labute approximate surface area is 90.1 Å². The predicted molar refractivity (Wildman–Crippen MR) is 52.8 cm³/mol. The van der Waals surface area contributed by atoms with Crippen LogP contribution in [0.5, 0.6) is 0 Å². The summed E-state index contributed by atoms with van der Waals surface area (Å²) in [5.74, 6) is -0.204. The molecule has 0 radical (unpaired) electrons. The van der Waals surface area contributed by atoms with Crippen LogP contribution in [0.4, 0.5) is 4.39 Å². The largest absolute Gasteiger partial charge is 0.388 e. The molecular weight excluding hydrogens is 221 g/mol. The number of aliphatic hydroxyl groups excluding tert-OH is 1. The maximum atomic E-state index is 13.4. The molecule has 0 spiro atoms. The fourth-order valence-corrected chi connectivity index (χ4v) is 1.51. The molecule has 0 aliphatic heterocycles. The molecule has 5 heteroatoms. The molecule has 15 heavy (non-hydrogen) atoms. The Bertz CT molecular complexity index is 464. The van der Waals surface area contributed by atoms with Gasteiger partial charge in [0.2, 0.25) is 0 Å². The molecule has 1 aromatic heterocycles. The van der Waals surface area contributed by atoms with Crippen LogP contribution >= 0.6 is 11.6 Å². The van der Waals surface area contributed by atoms with Crippen LogP contribution in [0, 0.1) is 5.82 Å². The lowest BCUT2D eigenvalue weighted by Crippen LogP contribution is -1.85. The normalized spacial score (nSPS) is 10.6. The van der Waals surface area contributed by atoms with Crippen molar-refractivity contribution in [1.29, 1.82) is 0 Å². The molecule has 0 aliphatic carbocycles. The minimum Gasteiger partial charge on any atom is -0.388 e. The monoisotopic (exact) mass is 227 g/mol. The maximum Gasteiger partial charge on any atom is 0.162 e. The van der Waals surface area contributed by atoms with Crippen LogP contribution in [0.15, 0.2) is 28.8 Å². The van der Waals surface area contributed by atoms with Crippen molar-refractivity contribution < 1.29 is 14.0 Å². The van der Waals surface area contributed by atoms with Gasteiger partial charge in [0.05, 0.1) is 10.6 Å². The van der Waals surface area contributed by atoms with Gasteiger partial charge in [-0.3, -0.25) is 0 Å². The van der Waals surface area contributed by atoms with Crippen LogP contribution in [-0.4, -0.2) is 10.3 Å². The van der Waals surface area contributed by atoms with Gasteiger partial charge in [-0.2, -0.15) is 0 Å². The molecule has 0 amide bonds. The molecule has 0 aliphatic rings. The zero-order chi connectivity index (χ0) is 10.8. The molecule has 0 saturated heterocycles. The van der Waals surface area contributed by atoms with Crippen molar-refractivity contribution in [2.45, 2.75) is 6.61 Å². The number of benzene rings is 1. The Balaban J connectivity index is 2.53. The fraction of sp³-hybridized carbons (Fsp3) is 0.100. The first-order valence-corrected chi connectivity index (χ1v) is 4.61. The Kier molecular flexibility index (Phi) is 2.70. The van der Waals surface area contributed by atoms with Crippen molar-refractivity contribution >= 4 is 11.6 Å². The van der Waals surface area contributed by atoms with Crippen molar-refractivity contribution in [1.82, 2.24) is 5.16 Å². The smallest absolute Gasteiger partial charge is 0.162 e. The third-order valence-electron chi connectivity index (χ3n) is 1.93. The molecule has 78 valence electrons. The average molecular weight is 228 g/mol. The van der Waals surface area contributed by atoms with Crippen molar-refractivity contribution in [3.8, 4) is 11.3 Å². The van der Waals surface area contributed by atoms with Crippen molar-refractivity contribution in [2.24, 2.45) is 0 Å². The first-order valence-electron chi connectivity index (χ1n) is 4.23. The molecule has 1 aromatic carbocycles. The summed E-state index contributed by atoms with van der Waals surface area (Å²) in [6.45, 7) is -0.279. The molecule has 0 saturated carbocycles. The summed E-state index contributed by atoms with van der Waals surface area (Å²) in [4.78, 5) is 0. The predicted octanol–water partition coefficient (Wildman–Crippen LogP) is 2.63. The highest BCUT2D eigenvalue weighted by Gasteiger charge is 2.13. The molecule has 0 fully saturated rings. The molecule has 3 nitrogen and oxygen atoms in total. The standard InChI is InChI=1S/C10H7ClFNO2/c11-7-2-1-3-8(12)10(7)9-4-6(5-14)15-13-9/h1-4,14H,5H2. The van der Waals surface area contributed by atoms with E-state index in [9.17, 15) is 4.39 Å². The molecule has 0 unspecified atom stereocenters. The number of aliphatic hydroxyl groups is 1. The Morgan fingerprint density at radius 3 is 2.87 bits per heavy atom. The van der Waals surface area contributed by atoms with Crippen LogP contribution in [0.3, 0.4) is 0 Å². The van der Waals surface area contributed by atoms with E-state index in [2.05, 4.69) is 5.16 Å². The zero-order valence-corrected chi connectivity index (χ0v) is 8.33. The molecule has 0 bridgehead atoms. The summed E-state index contributed by atoms with van der Waals surface area (Å²) >= 11 is 5.83. The van der Waals surface area contributed by atoms with Crippen LogP contribution < -0.4 is 0 Å². The minimum atomic E-state index is -0.472. The SMILES string of the molecule is OCc1cc(-c2c(F)cccc2Cl)no1. The third kappa shape index (κ3) is 1.86. The van der Waals surface area contributed by atoms with E-state index in [0.717, 1.165) is 0 Å². The Hall–Kier alpha value is -1.39. The van der Waals surface area contributed by atoms with Gasteiger partial charge in [0.25, 0.3) is 0 Å². The van der Waals surface area contributed by atoms with Gasteiger partial charge in [-0.05, 0) is 12.1 Å². The molecule has 0 atom stereocenters. The van der Waals surface area contributed by atoms with Gasteiger partial charge >= 0.3 is 0 Å². The number of hydrogen-bond acceptors (Lipinski definition) is 3. The van der Waals surface area contributed by atoms with E-state index in [1.54, 1.807) is 6.07 Å². The lowest BCUT2D eigenvalue weighted by molar-refractivity contribution is 0.229. The Morgan fingerprint density at radius 2 is 2.27 bits per heavy atom. The molecule has 2 aromatic rings. The summed E-state index contributed by atoms with van der Waals surface area (Å²) in [5, 5.41) is 12.7. The second kappa shape index (κ2) is 4.00. The number of rotatable bonds is 2. The van der Waals surface area contributed by atoms with E-state index in [4.69, 9.17) is 21.2 Å². The number of hydrogen-bond donors (Lipinski definition) is 1. The van der Waals surface area contributed by atoms with Crippen LogP contribution in [0.1, 0.15) is 5.76 Å². The topological polar surface area (TPSA) is 46.3 Å². The van der Waals surface area contributed by atoms with Crippen molar-refractivity contribution in [2.75, 3.05) is 0 Å². The number of halogens is 2. The quantitative estimate of drug-likeness (QED) is 0.858. The number of nitrogens with zero attached hydrogens (tertiary/aromatic N) is 1. The molecule has 2 rings (SSSR count). The van der Waals surface area contributed by atoms with Crippen LogP contribution in [0.25, 0.3) is 11.3 Å². The summed E-state index contributed by atoms with van der Waals surface area (Å²) in [6, 6.07) is 5.81. The summed E-state index contributed by atoms with van der Waals surface area (Å²) in [6.07, 6.45) is 0. The second-order valence-corrected chi connectivity index (χ2v) is 3.34. The van der Waals surface area contributed by atoms with E-state index in [1.165, 1.54) is 18.2 Å². The van der Waals surface area contributed by atoms with Crippen molar-refractivity contribution in [3.63, 3.8) is 0 Å². The average Bonchev–Trinajstić information content (AvgIpc) is 2.66. The lowest BCUT2D eigenvalue weighted by atomic mass is 10.1. The highest BCUT2D eigenvalue weighted by Crippen LogP contribution is 2.29. The van der Waals surface area contributed by atoms with E-state index in [1.807, 2.05) is 0 Å². The van der Waals surface area contributed by atoms with Crippen LogP contribution in [0.2, 0.25) is 5.02 Å². The minimum absolute atomic E-state index is 0.183. The lowest BCUT2D eigenvalue weighted by Gasteiger charge is -2.00. The maximum absolute atomic E-state index is 13.4. The van der Waals surface area contributed by atoms with E-state index in [0.29, 0.717) is 0 Å². The van der Waals surface area contributed by atoms with Gasteiger partial charge in [-0.15, -0.1) is 0 Å². The van der Waals surface area contributed by atoms with Gasteiger partial charge < -0.3 is 9.63 Å². The van der Waals surface area contributed by atoms with Gasteiger partial charge in [0, 0.05) is 6.07 Å². The first-order chi connectivity index (χ1) is 7.22. The molecular formula is C10H7ClFNO2. The van der Waals surface area contributed by atoms with E-state index in [-0.39, 0.29) is 28.6 Å². The van der Waals surface area contributed by atoms with Gasteiger partial charge in [-0.1, -0.05) is 22.8 Å². The molecule has 1 N–H and O–H groups in total. The summed E-state index contributed by atoms with van der Waals surface area (Å²) in [7, 11) is 0. The highest BCUT2D eigenvalue weighted by atomic mass is 35.5. The van der Waals surface area contributed by atoms with Gasteiger partial charge in [-0.25, -0.2) is 4.39 Å². The highest BCUT2D eigenvalue weighted by molar-refractivity contribution is 6.33. The summed E-state index contributed by atoms with van der Waals surface area (Å²) in [5.41, 5.74) is 0.463. The third-order valence-corrected chi connectivity index (χ3v) is 2.25. The van der Waals surface area contributed by atoms with E-state index < -0.39 is 5.82 Å². The number of aromatic nitrogens is 1. The van der Waals surface area contributed by atoms with E-state index >= 15 is 0 Å². The second-order valence-electron chi connectivity index (χ2n) is 2.93. The summed E-state index contributed by atoms with van der Waals surface area (Å²) < 4.78 is 18.2. The molecule has 1 heterocycles. The fourth-order valence-electron chi connectivity index (χ4n) is 1.25. The Morgan fingerprint density at radius 1 is 1.47 bits per heavy atom. The zero-order valence-electron chi connectivity index (χ0n) is 7.58. The van der Waals surface area contributed by atoms with Gasteiger partial charge in [0.15, 0.2) is 5.76 Å². The van der Waals surface area contributed by atoms with Gasteiger partial charge in [0.1, 0.15) is 18.1 Å². The van der Waals surface area contributed by atoms with Crippen LogP contribution in [-0.2, 0) is 6.61 Å².